The lowest BCUT2D eigenvalue weighted by Crippen LogP contribution is -2.21. The van der Waals surface area contributed by atoms with Gasteiger partial charge in [0.05, 0.1) is 11.6 Å². The van der Waals surface area contributed by atoms with Crippen LogP contribution in [0.2, 0.25) is 0 Å². The monoisotopic (exact) mass is 283 g/mol. The predicted octanol–water partition coefficient (Wildman–Crippen LogP) is 3.27. The fourth-order valence-corrected chi connectivity index (χ4v) is 3.07. The standard InChI is InChI=1S/C17H21N3O/c1-3-10-20-16(11-12(2)19-20)18-17(21)15-9-8-13-6-4-5-7-14(13)15/h4-7,11,15H,3,8-10H2,1-2H3,(H,18,21). The first-order valence-electron chi connectivity index (χ1n) is 7.62. The molecule has 2 aromatic rings. The first-order chi connectivity index (χ1) is 10.2. The Kier molecular flexibility index (Phi) is 3.78. The van der Waals surface area contributed by atoms with E-state index in [1.807, 2.05) is 29.8 Å². The molecule has 3 rings (SSSR count). The maximum Gasteiger partial charge on any atom is 0.233 e. The van der Waals surface area contributed by atoms with E-state index in [0.29, 0.717) is 0 Å². The molecule has 0 bridgehead atoms. The van der Waals surface area contributed by atoms with Crippen molar-refractivity contribution < 1.29 is 4.79 Å². The molecule has 0 radical (unpaired) electrons. The molecular formula is C17H21N3O. The molecule has 4 nitrogen and oxygen atoms in total. The zero-order valence-electron chi connectivity index (χ0n) is 12.6. The summed E-state index contributed by atoms with van der Waals surface area (Å²) in [5.74, 6) is 0.854. The van der Waals surface area contributed by atoms with Gasteiger partial charge in [0, 0.05) is 12.6 Å². The molecule has 1 amide bonds. The van der Waals surface area contributed by atoms with Crippen molar-refractivity contribution >= 4 is 11.7 Å². The molecular weight excluding hydrogens is 262 g/mol. The summed E-state index contributed by atoms with van der Waals surface area (Å²) in [6.07, 6.45) is 2.88. The molecule has 0 spiro atoms. The number of carbonyl (C=O) groups excluding carboxylic acids is 1. The van der Waals surface area contributed by atoms with Crippen molar-refractivity contribution in [3.05, 3.63) is 47.2 Å². The molecule has 1 atom stereocenters. The molecule has 1 aliphatic rings. The van der Waals surface area contributed by atoms with E-state index in [2.05, 4.69) is 29.5 Å². The van der Waals surface area contributed by atoms with Crippen LogP contribution in [0.25, 0.3) is 0 Å². The average Bonchev–Trinajstić information content (AvgIpc) is 3.03. The van der Waals surface area contributed by atoms with Crippen LogP contribution in [0.15, 0.2) is 30.3 Å². The predicted molar refractivity (Wildman–Crippen MR) is 83.4 cm³/mol. The lowest BCUT2D eigenvalue weighted by molar-refractivity contribution is -0.117. The van der Waals surface area contributed by atoms with Crippen LogP contribution >= 0.6 is 0 Å². The number of hydrogen-bond donors (Lipinski definition) is 1. The van der Waals surface area contributed by atoms with Crippen molar-refractivity contribution in [2.24, 2.45) is 0 Å². The molecule has 1 N–H and O–H groups in total. The molecule has 4 heteroatoms. The minimum atomic E-state index is -0.0357. The Labute approximate surface area is 125 Å². The maximum atomic E-state index is 12.6. The highest BCUT2D eigenvalue weighted by Gasteiger charge is 2.28. The van der Waals surface area contributed by atoms with Gasteiger partial charge in [0.2, 0.25) is 5.91 Å². The first-order valence-corrected chi connectivity index (χ1v) is 7.62. The van der Waals surface area contributed by atoms with Crippen molar-refractivity contribution in [3.8, 4) is 0 Å². The Morgan fingerprint density at radius 1 is 1.43 bits per heavy atom. The van der Waals surface area contributed by atoms with E-state index in [1.165, 1.54) is 11.1 Å². The molecule has 1 aliphatic carbocycles. The van der Waals surface area contributed by atoms with Crippen LogP contribution < -0.4 is 5.32 Å². The number of rotatable bonds is 4. The second-order valence-electron chi connectivity index (χ2n) is 5.67. The molecule has 0 saturated heterocycles. The smallest absolute Gasteiger partial charge is 0.233 e. The number of nitrogens with one attached hydrogen (secondary N) is 1. The van der Waals surface area contributed by atoms with Gasteiger partial charge in [-0.15, -0.1) is 0 Å². The van der Waals surface area contributed by atoms with E-state index < -0.39 is 0 Å². The second-order valence-corrected chi connectivity index (χ2v) is 5.67. The van der Waals surface area contributed by atoms with Gasteiger partial charge in [0.25, 0.3) is 0 Å². The van der Waals surface area contributed by atoms with E-state index in [4.69, 9.17) is 0 Å². The van der Waals surface area contributed by atoms with Gasteiger partial charge < -0.3 is 5.32 Å². The van der Waals surface area contributed by atoms with Crippen molar-refractivity contribution in [3.63, 3.8) is 0 Å². The third-order valence-corrected chi connectivity index (χ3v) is 4.04. The third-order valence-electron chi connectivity index (χ3n) is 4.04. The van der Waals surface area contributed by atoms with Gasteiger partial charge in [-0.2, -0.15) is 5.10 Å². The average molecular weight is 283 g/mol. The van der Waals surface area contributed by atoms with E-state index in [9.17, 15) is 4.79 Å². The van der Waals surface area contributed by atoms with Crippen LogP contribution in [0.5, 0.6) is 0 Å². The van der Waals surface area contributed by atoms with E-state index in [0.717, 1.165) is 37.3 Å². The Hall–Kier alpha value is -2.10. The summed E-state index contributed by atoms with van der Waals surface area (Å²) < 4.78 is 1.88. The minimum absolute atomic E-state index is 0.0357. The van der Waals surface area contributed by atoms with Gasteiger partial charge >= 0.3 is 0 Å². The Morgan fingerprint density at radius 3 is 3.05 bits per heavy atom. The molecule has 1 unspecified atom stereocenters. The molecule has 0 aliphatic heterocycles. The summed E-state index contributed by atoms with van der Waals surface area (Å²) in [4.78, 5) is 12.6. The summed E-state index contributed by atoms with van der Waals surface area (Å²) in [5, 5.41) is 7.49. The Balaban J connectivity index is 1.79. The van der Waals surface area contributed by atoms with Gasteiger partial charge in [0.1, 0.15) is 5.82 Å². The summed E-state index contributed by atoms with van der Waals surface area (Å²) in [5.41, 5.74) is 3.41. The van der Waals surface area contributed by atoms with Crippen LogP contribution in [-0.2, 0) is 17.8 Å². The molecule has 1 heterocycles. The number of nitrogens with zero attached hydrogens (tertiary/aromatic N) is 2. The summed E-state index contributed by atoms with van der Waals surface area (Å²) in [6.45, 7) is 4.88. The van der Waals surface area contributed by atoms with Crippen molar-refractivity contribution in [2.45, 2.75) is 45.6 Å². The van der Waals surface area contributed by atoms with E-state index in [-0.39, 0.29) is 11.8 Å². The summed E-state index contributed by atoms with van der Waals surface area (Å²) in [6, 6.07) is 10.2. The van der Waals surface area contributed by atoms with Gasteiger partial charge in [-0.25, -0.2) is 4.68 Å². The van der Waals surface area contributed by atoms with Gasteiger partial charge in [-0.3, -0.25) is 4.79 Å². The SMILES string of the molecule is CCCn1nc(C)cc1NC(=O)C1CCc2ccccc21. The molecule has 0 fully saturated rings. The third kappa shape index (κ3) is 2.71. The zero-order chi connectivity index (χ0) is 14.8. The summed E-state index contributed by atoms with van der Waals surface area (Å²) >= 11 is 0. The molecule has 0 saturated carbocycles. The Bertz CT molecular complexity index is 660. The highest BCUT2D eigenvalue weighted by molar-refractivity contribution is 5.96. The number of hydrogen-bond acceptors (Lipinski definition) is 2. The van der Waals surface area contributed by atoms with Crippen LogP contribution in [0.4, 0.5) is 5.82 Å². The lowest BCUT2D eigenvalue weighted by atomic mass is 10.0. The van der Waals surface area contributed by atoms with Crippen LogP contribution in [0.1, 0.15) is 42.5 Å². The van der Waals surface area contributed by atoms with Crippen LogP contribution in [0.3, 0.4) is 0 Å². The second kappa shape index (κ2) is 5.72. The first kappa shape index (κ1) is 13.9. The maximum absolute atomic E-state index is 12.6. The highest BCUT2D eigenvalue weighted by Crippen LogP contribution is 2.33. The number of aromatic nitrogens is 2. The largest absolute Gasteiger partial charge is 0.310 e. The summed E-state index contributed by atoms with van der Waals surface area (Å²) in [7, 11) is 0. The van der Waals surface area contributed by atoms with Crippen molar-refractivity contribution in [2.75, 3.05) is 5.32 Å². The minimum Gasteiger partial charge on any atom is -0.310 e. The molecule has 21 heavy (non-hydrogen) atoms. The number of amides is 1. The number of benzene rings is 1. The Morgan fingerprint density at radius 2 is 2.24 bits per heavy atom. The number of fused-ring (bicyclic) bond motifs is 1. The van der Waals surface area contributed by atoms with Gasteiger partial charge in [0.15, 0.2) is 0 Å². The zero-order valence-corrected chi connectivity index (χ0v) is 12.6. The van der Waals surface area contributed by atoms with E-state index in [1.54, 1.807) is 0 Å². The normalized spacial score (nSPS) is 16.8. The van der Waals surface area contributed by atoms with Gasteiger partial charge in [-0.05, 0) is 37.3 Å². The molecule has 1 aromatic heterocycles. The van der Waals surface area contributed by atoms with Crippen molar-refractivity contribution in [1.82, 2.24) is 9.78 Å². The van der Waals surface area contributed by atoms with E-state index >= 15 is 0 Å². The molecule has 110 valence electrons. The van der Waals surface area contributed by atoms with Crippen molar-refractivity contribution in [1.29, 1.82) is 0 Å². The fourth-order valence-electron chi connectivity index (χ4n) is 3.07. The number of anilines is 1. The molecule has 1 aromatic carbocycles. The number of aryl methyl sites for hydroxylation is 3. The quantitative estimate of drug-likeness (QED) is 0.936. The topological polar surface area (TPSA) is 46.9 Å². The van der Waals surface area contributed by atoms with Crippen LogP contribution in [0, 0.1) is 6.92 Å². The lowest BCUT2D eigenvalue weighted by Gasteiger charge is -2.13. The highest BCUT2D eigenvalue weighted by atomic mass is 16.2. The number of carbonyl (C=O) groups is 1. The fraction of sp³-hybridized carbons (Fsp3) is 0.412. The van der Waals surface area contributed by atoms with Gasteiger partial charge in [-0.1, -0.05) is 31.2 Å². The van der Waals surface area contributed by atoms with Crippen LogP contribution in [-0.4, -0.2) is 15.7 Å².